The second kappa shape index (κ2) is 6.69. The molecule has 0 unspecified atom stereocenters. The summed E-state index contributed by atoms with van der Waals surface area (Å²) in [6.07, 6.45) is 3.54. The van der Waals surface area contributed by atoms with Crippen molar-refractivity contribution in [2.45, 2.75) is 6.54 Å². The van der Waals surface area contributed by atoms with Gasteiger partial charge in [-0.3, -0.25) is 15.0 Å². The highest BCUT2D eigenvalue weighted by Crippen LogP contribution is 2.08. The standard InChI is InChI=1S/C12H12N4O3.ClH/c13-15-12(19)8-6-10(17)11(18)9(14-8)7-16-4-2-1-3-5-16;/h1-6H,7H2,(H4-,13,14,15,17,18,19);1H. The van der Waals surface area contributed by atoms with Gasteiger partial charge >= 0.3 is 0 Å². The van der Waals surface area contributed by atoms with Crippen LogP contribution in [0.2, 0.25) is 0 Å². The average molecular weight is 297 g/mol. The zero-order valence-corrected chi connectivity index (χ0v) is 11.1. The molecular weight excluding hydrogens is 284 g/mol. The summed E-state index contributed by atoms with van der Waals surface area (Å²) in [7, 11) is 0. The van der Waals surface area contributed by atoms with Gasteiger partial charge in [0.25, 0.3) is 5.91 Å². The van der Waals surface area contributed by atoms with Crippen LogP contribution >= 0.6 is 0 Å². The molecule has 2 aromatic heterocycles. The monoisotopic (exact) mass is 296 g/mol. The number of H-pyrrole nitrogens is 1. The summed E-state index contributed by atoms with van der Waals surface area (Å²) in [4.78, 5) is 25.6. The van der Waals surface area contributed by atoms with Crippen LogP contribution in [0, 0.1) is 0 Å². The van der Waals surface area contributed by atoms with Crippen molar-refractivity contribution in [2.24, 2.45) is 5.84 Å². The van der Waals surface area contributed by atoms with Gasteiger partial charge in [0.1, 0.15) is 11.4 Å². The molecule has 5 N–H and O–H groups in total. The Balaban J connectivity index is 0.00000200. The van der Waals surface area contributed by atoms with E-state index in [0.29, 0.717) is 0 Å². The maximum absolute atomic E-state index is 11.6. The number of hydrogen-bond acceptors (Lipinski definition) is 4. The topological polar surface area (TPSA) is 112 Å². The van der Waals surface area contributed by atoms with Crippen molar-refractivity contribution in [1.29, 1.82) is 0 Å². The Bertz CT molecular complexity index is 657. The Hall–Kier alpha value is -2.38. The van der Waals surface area contributed by atoms with E-state index < -0.39 is 17.1 Å². The van der Waals surface area contributed by atoms with E-state index in [1.807, 2.05) is 23.6 Å². The van der Waals surface area contributed by atoms with Gasteiger partial charge in [-0.05, 0) is 0 Å². The van der Waals surface area contributed by atoms with Crippen molar-refractivity contribution >= 4 is 5.91 Å². The lowest BCUT2D eigenvalue weighted by molar-refractivity contribution is -0.688. The van der Waals surface area contributed by atoms with E-state index in [4.69, 9.17) is 5.84 Å². The molecule has 8 heteroatoms. The minimum absolute atomic E-state index is 0. The summed E-state index contributed by atoms with van der Waals surface area (Å²) >= 11 is 0. The first kappa shape index (κ1) is 15.7. The Morgan fingerprint density at radius 1 is 1.35 bits per heavy atom. The van der Waals surface area contributed by atoms with Gasteiger partial charge < -0.3 is 22.5 Å². The van der Waals surface area contributed by atoms with Crippen molar-refractivity contribution in [3.05, 3.63) is 58.3 Å². The smallest absolute Gasteiger partial charge is 0.281 e. The fourth-order valence-corrected chi connectivity index (χ4v) is 1.64. The summed E-state index contributed by atoms with van der Waals surface area (Å²) in [6.45, 7) is 0.230. The summed E-state index contributed by atoms with van der Waals surface area (Å²) in [5.74, 6) is 3.97. The number of nitrogens with two attached hydrogens (primary N) is 1. The molecule has 0 bridgehead atoms. The molecule has 0 radical (unpaired) electrons. The predicted octanol–water partition coefficient (Wildman–Crippen LogP) is -3.98. The van der Waals surface area contributed by atoms with Gasteiger partial charge in [0.15, 0.2) is 24.7 Å². The van der Waals surface area contributed by atoms with Gasteiger partial charge in [-0.2, -0.15) is 4.57 Å². The summed E-state index contributed by atoms with van der Waals surface area (Å²) < 4.78 is 1.75. The zero-order chi connectivity index (χ0) is 13.8. The lowest BCUT2D eigenvalue weighted by Crippen LogP contribution is -3.00. The molecule has 0 fully saturated rings. The Morgan fingerprint density at radius 2 is 2.00 bits per heavy atom. The van der Waals surface area contributed by atoms with Crippen LogP contribution in [-0.4, -0.2) is 16.0 Å². The minimum Gasteiger partial charge on any atom is -1.00 e. The first-order valence-corrected chi connectivity index (χ1v) is 5.52. The van der Waals surface area contributed by atoms with Gasteiger partial charge in [-0.1, -0.05) is 6.07 Å². The van der Waals surface area contributed by atoms with Gasteiger partial charge in [-0.25, -0.2) is 5.84 Å². The number of amides is 1. The van der Waals surface area contributed by atoms with E-state index in [1.165, 1.54) is 0 Å². The second-order valence-corrected chi connectivity index (χ2v) is 3.90. The number of pyridine rings is 2. The molecule has 2 rings (SSSR count). The fourth-order valence-electron chi connectivity index (χ4n) is 1.64. The van der Waals surface area contributed by atoms with Crippen molar-refractivity contribution < 1.29 is 26.9 Å². The molecule has 0 saturated heterocycles. The SMILES string of the molecule is NNC(=O)c1cc(=O)c(O)c(C[n+]2ccccc2)[nH]1.[Cl-]. The molecule has 2 heterocycles. The predicted molar refractivity (Wildman–Crippen MR) is 66.1 cm³/mol. The molecule has 1 amide bonds. The third-order valence-electron chi connectivity index (χ3n) is 2.57. The van der Waals surface area contributed by atoms with Crippen LogP contribution in [0.4, 0.5) is 0 Å². The average Bonchev–Trinajstić information content (AvgIpc) is 2.44. The van der Waals surface area contributed by atoms with Crippen LogP contribution in [0.1, 0.15) is 16.2 Å². The number of aromatic hydroxyl groups is 1. The first-order chi connectivity index (χ1) is 9.11. The number of nitrogen functional groups attached to an aromatic ring is 1. The number of aromatic nitrogens is 2. The molecule has 106 valence electrons. The molecule has 0 saturated carbocycles. The molecule has 2 aromatic rings. The maximum Gasteiger partial charge on any atom is 0.281 e. The van der Waals surface area contributed by atoms with Crippen LogP contribution in [0.3, 0.4) is 0 Å². The lowest BCUT2D eigenvalue weighted by atomic mass is 10.2. The highest BCUT2D eigenvalue weighted by molar-refractivity contribution is 5.91. The van der Waals surface area contributed by atoms with Gasteiger partial charge in [0.2, 0.25) is 5.43 Å². The summed E-state index contributed by atoms with van der Waals surface area (Å²) in [5.41, 5.74) is 1.52. The number of hydrazine groups is 1. The van der Waals surface area contributed by atoms with Crippen molar-refractivity contribution in [1.82, 2.24) is 10.4 Å². The molecular formula is C12H13ClN4O3. The van der Waals surface area contributed by atoms with Crippen LogP contribution in [-0.2, 0) is 6.54 Å². The van der Waals surface area contributed by atoms with E-state index in [1.54, 1.807) is 17.0 Å². The highest BCUT2D eigenvalue weighted by atomic mass is 35.5. The maximum atomic E-state index is 11.6. The molecule has 0 atom stereocenters. The number of nitrogens with one attached hydrogen (secondary N) is 2. The van der Waals surface area contributed by atoms with E-state index in [-0.39, 0.29) is 30.3 Å². The Kier molecular flexibility index (Phi) is 5.24. The largest absolute Gasteiger partial charge is 1.00 e. The summed E-state index contributed by atoms with van der Waals surface area (Å²) in [5, 5.41) is 9.72. The molecule has 0 spiro atoms. The number of carbonyl (C=O) groups is 1. The highest BCUT2D eigenvalue weighted by Gasteiger charge is 2.15. The van der Waals surface area contributed by atoms with Gasteiger partial charge in [-0.15, -0.1) is 0 Å². The number of nitrogens with zero attached hydrogens (tertiary/aromatic N) is 1. The third kappa shape index (κ3) is 3.34. The van der Waals surface area contributed by atoms with Crippen molar-refractivity contribution in [3.8, 4) is 5.75 Å². The zero-order valence-electron chi connectivity index (χ0n) is 10.3. The van der Waals surface area contributed by atoms with Crippen LogP contribution in [0.25, 0.3) is 0 Å². The normalized spacial score (nSPS) is 9.65. The van der Waals surface area contributed by atoms with Crippen molar-refractivity contribution in [2.75, 3.05) is 0 Å². The Labute approximate surface area is 120 Å². The van der Waals surface area contributed by atoms with E-state index >= 15 is 0 Å². The molecule has 7 nitrogen and oxygen atoms in total. The summed E-state index contributed by atoms with van der Waals surface area (Å²) in [6, 6.07) is 6.46. The molecule has 0 aliphatic carbocycles. The van der Waals surface area contributed by atoms with Crippen LogP contribution < -0.4 is 33.7 Å². The number of halogens is 1. The number of aromatic amines is 1. The number of carbonyl (C=O) groups excluding carboxylic acids is 1. The fraction of sp³-hybridized carbons (Fsp3) is 0.0833. The molecule has 20 heavy (non-hydrogen) atoms. The molecule has 0 aromatic carbocycles. The quantitative estimate of drug-likeness (QED) is 0.200. The lowest BCUT2D eigenvalue weighted by Gasteiger charge is -2.05. The first-order valence-electron chi connectivity index (χ1n) is 5.52. The van der Waals surface area contributed by atoms with E-state index in [2.05, 4.69) is 4.98 Å². The van der Waals surface area contributed by atoms with Crippen LogP contribution in [0.5, 0.6) is 5.75 Å². The second-order valence-electron chi connectivity index (χ2n) is 3.90. The Morgan fingerprint density at radius 3 is 2.60 bits per heavy atom. The third-order valence-corrected chi connectivity index (χ3v) is 2.57. The van der Waals surface area contributed by atoms with Crippen LogP contribution in [0.15, 0.2) is 41.5 Å². The minimum atomic E-state index is -0.635. The van der Waals surface area contributed by atoms with Gasteiger partial charge in [0.05, 0.1) is 0 Å². The van der Waals surface area contributed by atoms with E-state index in [9.17, 15) is 14.7 Å². The van der Waals surface area contributed by atoms with Gasteiger partial charge in [0, 0.05) is 18.2 Å². The number of rotatable bonds is 3. The number of hydrogen-bond donors (Lipinski definition) is 4. The van der Waals surface area contributed by atoms with E-state index in [0.717, 1.165) is 6.07 Å². The molecule has 0 aliphatic rings. The molecule has 0 aliphatic heterocycles. The van der Waals surface area contributed by atoms with Crippen molar-refractivity contribution in [3.63, 3.8) is 0 Å².